The van der Waals surface area contributed by atoms with Gasteiger partial charge in [0.15, 0.2) is 0 Å². The van der Waals surface area contributed by atoms with Crippen LogP contribution in [0.3, 0.4) is 0 Å². The van der Waals surface area contributed by atoms with Crippen LogP contribution in [0.4, 0.5) is 0 Å². The molecule has 21 heavy (non-hydrogen) atoms. The highest BCUT2D eigenvalue weighted by atomic mass is 35.5. The van der Waals surface area contributed by atoms with Gasteiger partial charge in [-0.2, -0.15) is 0 Å². The fourth-order valence-electron chi connectivity index (χ4n) is 1.73. The molecule has 0 unspecified atom stereocenters. The molecule has 2 nitrogen and oxygen atoms in total. The zero-order valence-electron chi connectivity index (χ0n) is 12.1. The van der Waals surface area contributed by atoms with Gasteiger partial charge in [0.05, 0.1) is 15.7 Å². The minimum atomic E-state index is -0.0855. The Kier molecular flexibility index (Phi) is 5.03. The zero-order chi connectivity index (χ0) is 15.6. The molecule has 0 aliphatic carbocycles. The Morgan fingerprint density at radius 3 is 2.33 bits per heavy atom. The first-order valence-electron chi connectivity index (χ1n) is 6.50. The Morgan fingerprint density at radius 1 is 1.05 bits per heavy atom. The van der Waals surface area contributed by atoms with E-state index in [1.54, 1.807) is 18.2 Å². The lowest BCUT2D eigenvalue weighted by molar-refractivity contribution is 0.451. The van der Waals surface area contributed by atoms with E-state index in [1.165, 1.54) is 0 Å². The van der Waals surface area contributed by atoms with Gasteiger partial charge in [-0.15, -0.1) is 11.6 Å². The average molecular weight is 345 g/mol. The first-order chi connectivity index (χ1) is 9.79. The molecule has 0 radical (unpaired) electrons. The number of pyridine rings is 1. The summed E-state index contributed by atoms with van der Waals surface area (Å²) in [4.78, 5) is 4.54. The number of hydrogen-bond acceptors (Lipinski definition) is 2. The molecular weight excluding hydrogens is 329 g/mol. The maximum Gasteiger partial charge on any atom is 0.219 e. The normalized spacial score (nSPS) is 11.5. The minimum absolute atomic E-state index is 0.0855. The van der Waals surface area contributed by atoms with Crippen molar-refractivity contribution < 1.29 is 4.74 Å². The van der Waals surface area contributed by atoms with E-state index in [9.17, 15) is 0 Å². The molecule has 0 bridgehead atoms. The second-order valence-corrected chi connectivity index (χ2v) is 6.84. The zero-order valence-corrected chi connectivity index (χ0v) is 14.4. The van der Waals surface area contributed by atoms with Crippen LogP contribution in [0.25, 0.3) is 0 Å². The summed E-state index contributed by atoms with van der Waals surface area (Å²) in [6, 6.07) is 8.92. The maximum atomic E-state index is 5.99. The number of aromatic nitrogens is 1. The van der Waals surface area contributed by atoms with E-state index < -0.39 is 0 Å². The fraction of sp³-hybridized carbons (Fsp3) is 0.312. The Labute approximate surface area is 140 Å². The van der Waals surface area contributed by atoms with Gasteiger partial charge >= 0.3 is 0 Å². The Hall–Kier alpha value is -0.960. The molecule has 0 N–H and O–H groups in total. The summed E-state index contributed by atoms with van der Waals surface area (Å²) in [5.74, 6) is 1.49. The molecule has 1 aromatic carbocycles. The predicted molar refractivity (Wildman–Crippen MR) is 89.0 cm³/mol. The lowest BCUT2D eigenvalue weighted by Crippen LogP contribution is -2.14. The van der Waals surface area contributed by atoms with Gasteiger partial charge in [-0.1, -0.05) is 44.0 Å². The van der Waals surface area contributed by atoms with Crippen molar-refractivity contribution in [1.29, 1.82) is 0 Å². The highest BCUT2D eigenvalue weighted by Crippen LogP contribution is 2.31. The van der Waals surface area contributed by atoms with Gasteiger partial charge in [-0.05, 0) is 23.8 Å². The van der Waals surface area contributed by atoms with Crippen LogP contribution in [-0.4, -0.2) is 4.98 Å². The highest BCUT2D eigenvalue weighted by Gasteiger charge is 2.18. The topological polar surface area (TPSA) is 22.1 Å². The number of nitrogens with zero attached hydrogens (tertiary/aromatic N) is 1. The molecule has 0 fully saturated rings. The Balaban J connectivity index is 2.36. The molecule has 112 valence electrons. The smallest absolute Gasteiger partial charge is 0.219 e. The van der Waals surface area contributed by atoms with Crippen molar-refractivity contribution in [2.24, 2.45) is 0 Å². The first kappa shape index (κ1) is 16.4. The van der Waals surface area contributed by atoms with Gasteiger partial charge in [-0.25, -0.2) is 4.98 Å². The van der Waals surface area contributed by atoms with Crippen LogP contribution in [-0.2, 0) is 11.3 Å². The van der Waals surface area contributed by atoms with Crippen LogP contribution >= 0.6 is 34.8 Å². The highest BCUT2D eigenvalue weighted by molar-refractivity contribution is 6.42. The summed E-state index contributed by atoms with van der Waals surface area (Å²) in [5, 5.41) is 0.931. The quantitative estimate of drug-likeness (QED) is 0.617. The lowest BCUT2D eigenvalue weighted by atomic mass is 9.91. The molecule has 2 aromatic rings. The summed E-state index contributed by atoms with van der Waals surface area (Å²) in [6.07, 6.45) is 0. The van der Waals surface area contributed by atoms with Gasteiger partial charge in [0.25, 0.3) is 0 Å². The average Bonchev–Trinajstić information content (AvgIpc) is 2.41. The number of benzene rings is 1. The first-order valence-corrected chi connectivity index (χ1v) is 7.79. The molecule has 1 aromatic heterocycles. The van der Waals surface area contributed by atoms with Gasteiger partial charge in [-0.3, -0.25) is 0 Å². The number of halogens is 3. The number of alkyl halides is 1. The Bertz CT molecular complexity index is 650. The molecule has 0 aliphatic rings. The number of hydrogen-bond donors (Lipinski definition) is 0. The van der Waals surface area contributed by atoms with Gasteiger partial charge in [0.1, 0.15) is 5.75 Å². The minimum Gasteiger partial charge on any atom is -0.439 e. The van der Waals surface area contributed by atoms with E-state index in [0.717, 1.165) is 11.3 Å². The van der Waals surface area contributed by atoms with Crippen molar-refractivity contribution >= 4 is 34.8 Å². The van der Waals surface area contributed by atoms with Gasteiger partial charge < -0.3 is 4.74 Å². The second kappa shape index (κ2) is 6.43. The Morgan fingerprint density at radius 2 is 1.76 bits per heavy atom. The lowest BCUT2D eigenvalue weighted by Gasteiger charge is -2.19. The number of rotatable bonds is 3. The van der Waals surface area contributed by atoms with Crippen LogP contribution < -0.4 is 4.74 Å². The van der Waals surface area contributed by atoms with Crippen LogP contribution in [0.2, 0.25) is 10.0 Å². The van der Waals surface area contributed by atoms with E-state index >= 15 is 0 Å². The molecule has 0 saturated heterocycles. The van der Waals surface area contributed by atoms with Gasteiger partial charge in [0, 0.05) is 23.4 Å². The molecule has 0 amide bonds. The SMILES string of the molecule is CC(C)(C)c1cc(CCl)cc(Oc2ccc(Cl)c(Cl)c2)n1. The second-order valence-electron chi connectivity index (χ2n) is 5.76. The van der Waals surface area contributed by atoms with Crippen LogP contribution in [0.5, 0.6) is 11.6 Å². The number of ether oxygens (including phenoxy) is 1. The maximum absolute atomic E-state index is 5.99. The largest absolute Gasteiger partial charge is 0.439 e. The molecule has 5 heteroatoms. The van der Waals surface area contributed by atoms with E-state index in [0.29, 0.717) is 27.6 Å². The third-order valence-electron chi connectivity index (χ3n) is 2.90. The van der Waals surface area contributed by atoms with Crippen molar-refractivity contribution in [3.8, 4) is 11.6 Å². The summed E-state index contributed by atoms with van der Waals surface area (Å²) >= 11 is 17.8. The molecule has 0 saturated carbocycles. The standard InChI is InChI=1S/C16H16Cl3NO/c1-16(2,3)14-6-10(9-17)7-15(20-14)21-11-4-5-12(18)13(19)8-11/h4-8H,9H2,1-3H3. The van der Waals surface area contributed by atoms with E-state index in [4.69, 9.17) is 39.5 Å². The molecular formula is C16H16Cl3NO. The third-order valence-corrected chi connectivity index (χ3v) is 3.95. The molecule has 1 heterocycles. The summed E-state index contributed by atoms with van der Waals surface area (Å²) in [6.45, 7) is 6.28. The van der Waals surface area contributed by atoms with E-state index in [-0.39, 0.29) is 5.41 Å². The monoisotopic (exact) mass is 343 g/mol. The predicted octanol–water partition coefficient (Wildman–Crippen LogP) is 6.22. The summed E-state index contributed by atoms with van der Waals surface area (Å²) in [7, 11) is 0. The molecule has 0 aliphatic heterocycles. The third kappa shape index (κ3) is 4.26. The van der Waals surface area contributed by atoms with Crippen molar-refractivity contribution in [1.82, 2.24) is 4.98 Å². The van der Waals surface area contributed by atoms with Crippen molar-refractivity contribution in [2.45, 2.75) is 32.1 Å². The van der Waals surface area contributed by atoms with Gasteiger partial charge in [0.2, 0.25) is 5.88 Å². The van der Waals surface area contributed by atoms with Crippen LogP contribution in [0.1, 0.15) is 32.0 Å². The summed E-state index contributed by atoms with van der Waals surface area (Å²) < 4.78 is 5.78. The van der Waals surface area contributed by atoms with Crippen molar-refractivity contribution in [3.05, 3.63) is 51.6 Å². The van der Waals surface area contributed by atoms with E-state index in [1.807, 2.05) is 12.1 Å². The van der Waals surface area contributed by atoms with Crippen molar-refractivity contribution in [2.75, 3.05) is 0 Å². The molecule has 0 spiro atoms. The molecule has 2 rings (SSSR count). The van der Waals surface area contributed by atoms with Crippen LogP contribution in [0.15, 0.2) is 30.3 Å². The van der Waals surface area contributed by atoms with E-state index in [2.05, 4.69) is 25.8 Å². The summed E-state index contributed by atoms with van der Waals surface area (Å²) in [5.41, 5.74) is 1.81. The fourth-order valence-corrected chi connectivity index (χ4v) is 2.18. The molecule has 0 atom stereocenters. The van der Waals surface area contributed by atoms with Crippen molar-refractivity contribution in [3.63, 3.8) is 0 Å². The van der Waals surface area contributed by atoms with Crippen LogP contribution in [0, 0.1) is 0 Å².